The summed E-state index contributed by atoms with van der Waals surface area (Å²) in [5.74, 6) is 2.53. The number of nitrogens with one attached hydrogen (secondary N) is 2. The summed E-state index contributed by atoms with van der Waals surface area (Å²) >= 11 is 0. The summed E-state index contributed by atoms with van der Waals surface area (Å²) in [4.78, 5) is 32.6. The number of anilines is 3. The van der Waals surface area contributed by atoms with Crippen molar-refractivity contribution in [1.82, 2.24) is 18.9 Å². The van der Waals surface area contributed by atoms with Crippen LogP contribution in [0.25, 0.3) is 5.65 Å². The lowest BCUT2D eigenvalue weighted by Gasteiger charge is -2.11. The lowest BCUT2D eigenvalue weighted by atomic mass is 10.2. The first kappa shape index (κ1) is 20.7. The molecule has 0 unspecified atom stereocenters. The highest BCUT2D eigenvalue weighted by molar-refractivity contribution is 5.87. The molecule has 4 aromatic heterocycles. The van der Waals surface area contributed by atoms with Gasteiger partial charge in [0.05, 0.1) is 11.9 Å². The normalized spacial score (nSPS) is 13.2. The molecule has 9 nitrogen and oxygen atoms in total. The van der Waals surface area contributed by atoms with E-state index in [1.165, 1.54) is 12.5 Å². The van der Waals surface area contributed by atoms with E-state index in [4.69, 9.17) is 4.74 Å². The Morgan fingerprint density at radius 2 is 1.97 bits per heavy atom. The Balaban J connectivity index is 1.43. The monoisotopic (exact) mass is 444 g/mol. The van der Waals surface area contributed by atoms with Crippen molar-refractivity contribution in [1.29, 1.82) is 0 Å². The zero-order valence-corrected chi connectivity index (χ0v) is 18.6. The minimum atomic E-state index is -0.201. The molecule has 1 aliphatic carbocycles. The minimum Gasteiger partial charge on any atom is -0.455 e. The van der Waals surface area contributed by atoms with Gasteiger partial charge >= 0.3 is 0 Å². The number of aromatic nitrogens is 4. The van der Waals surface area contributed by atoms with Gasteiger partial charge < -0.3 is 19.9 Å². The van der Waals surface area contributed by atoms with Crippen molar-refractivity contribution in [3.8, 4) is 11.5 Å². The van der Waals surface area contributed by atoms with Crippen LogP contribution in [-0.2, 0) is 11.8 Å². The third-order valence-electron chi connectivity index (χ3n) is 5.61. The number of ether oxygens (including phenoxy) is 1. The molecule has 1 amide bonds. The molecular weight excluding hydrogens is 420 g/mol. The van der Waals surface area contributed by atoms with Gasteiger partial charge in [0, 0.05) is 32.4 Å². The highest BCUT2D eigenvalue weighted by atomic mass is 16.5. The fourth-order valence-electron chi connectivity index (χ4n) is 3.79. The van der Waals surface area contributed by atoms with E-state index in [0.29, 0.717) is 34.7 Å². The molecule has 0 radical (unpaired) electrons. The molecule has 5 rings (SSSR count). The highest BCUT2D eigenvalue weighted by Gasteiger charge is 2.25. The molecule has 1 aliphatic rings. The van der Waals surface area contributed by atoms with Gasteiger partial charge in [-0.15, -0.1) is 0 Å². The van der Waals surface area contributed by atoms with E-state index >= 15 is 0 Å². The molecular formula is C24H24N6O3. The van der Waals surface area contributed by atoms with Crippen molar-refractivity contribution in [2.24, 2.45) is 7.05 Å². The van der Waals surface area contributed by atoms with E-state index in [9.17, 15) is 9.59 Å². The predicted octanol–water partition coefficient (Wildman–Crippen LogP) is 4.11. The molecule has 9 heteroatoms. The maximum Gasteiger partial charge on any atom is 0.274 e. The second kappa shape index (κ2) is 8.09. The topological polar surface area (TPSA) is 103 Å². The molecule has 0 saturated heterocycles. The van der Waals surface area contributed by atoms with Gasteiger partial charge in [0.2, 0.25) is 5.91 Å². The number of amides is 1. The molecule has 1 fully saturated rings. The summed E-state index contributed by atoms with van der Waals surface area (Å²) in [6.07, 6.45) is 7.66. The number of pyridine rings is 3. The first-order valence-corrected chi connectivity index (χ1v) is 10.7. The summed E-state index contributed by atoms with van der Waals surface area (Å²) in [5, 5.41) is 5.84. The van der Waals surface area contributed by atoms with E-state index < -0.39 is 0 Å². The lowest BCUT2D eigenvalue weighted by molar-refractivity contribution is -0.114. The van der Waals surface area contributed by atoms with Crippen LogP contribution in [0.3, 0.4) is 0 Å². The predicted molar refractivity (Wildman–Crippen MR) is 125 cm³/mol. The second-order valence-electron chi connectivity index (χ2n) is 8.30. The van der Waals surface area contributed by atoms with Crippen LogP contribution in [0.2, 0.25) is 0 Å². The summed E-state index contributed by atoms with van der Waals surface area (Å²) in [7, 11) is 1.77. The number of aryl methyl sites for hydroxylation is 2. The molecule has 4 aromatic rings. The average molecular weight is 444 g/mol. The first-order chi connectivity index (χ1) is 15.9. The molecule has 0 aromatic carbocycles. The third-order valence-corrected chi connectivity index (χ3v) is 5.61. The maximum atomic E-state index is 12.6. The van der Waals surface area contributed by atoms with Crippen molar-refractivity contribution < 1.29 is 9.53 Å². The van der Waals surface area contributed by atoms with Crippen LogP contribution >= 0.6 is 0 Å². The number of fused-ring (bicyclic) bond motifs is 1. The SMILES string of the molecule is CC(=O)Nc1cc(Oc2ccc3nc(Nc4cc(C5CC5)cn(C)c4=O)cn3c2C)ccn1. The van der Waals surface area contributed by atoms with Gasteiger partial charge in [-0.2, -0.15) is 0 Å². The van der Waals surface area contributed by atoms with Gasteiger partial charge in [-0.05, 0) is 55.5 Å². The summed E-state index contributed by atoms with van der Waals surface area (Å²) < 4.78 is 9.56. The van der Waals surface area contributed by atoms with Crippen LogP contribution in [0.15, 0.2) is 53.7 Å². The van der Waals surface area contributed by atoms with Gasteiger partial charge in [-0.3, -0.25) is 14.0 Å². The molecule has 4 heterocycles. The van der Waals surface area contributed by atoms with Crippen molar-refractivity contribution in [3.05, 3.63) is 70.5 Å². The lowest BCUT2D eigenvalue weighted by Crippen LogP contribution is -2.20. The van der Waals surface area contributed by atoms with E-state index in [1.807, 2.05) is 41.9 Å². The molecule has 0 bridgehead atoms. The van der Waals surface area contributed by atoms with E-state index in [-0.39, 0.29) is 11.5 Å². The van der Waals surface area contributed by atoms with Crippen LogP contribution < -0.4 is 20.9 Å². The molecule has 33 heavy (non-hydrogen) atoms. The number of hydrogen-bond donors (Lipinski definition) is 2. The van der Waals surface area contributed by atoms with Crippen LogP contribution in [0.4, 0.5) is 17.3 Å². The second-order valence-corrected chi connectivity index (χ2v) is 8.30. The minimum absolute atomic E-state index is 0.0927. The molecule has 0 spiro atoms. The number of hydrogen-bond acceptors (Lipinski definition) is 6. The number of imidazole rings is 1. The van der Waals surface area contributed by atoms with Crippen molar-refractivity contribution in [3.63, 3.8) is 0 Å². The first-order valence-electron chi connectivity index (χ1n) is 10.7. The van der Waals surface area contributed by atoms with Gasteiger partial charge in [-0.25, -0.2) is 9.97 Å². The summed E-state index contributed by atoms with van der Waals surface area (Å²) in [6, 6.07) is 9.00. The van der Waals surface area contributed by atoms with Gasteiger partial charge in [0.15, 0.2) is 0 Å². The van der Waals surface area contributed by atoms with Crippen LogP contribution in [0.5, 0.6) is 11.5 Å². The summed E-state index contributed by atoms with van der Waals surface area (Å²) in [5.41, 5.74) is 3.16. The Morgan fingerprint density at radius 1 is 1.15 bits per heavy atom. The number of nitrogens with zero attached hydrogens (tertiary/aromatic N) is 4. The number of carbonyl (C=O) groups excluding carboxylic acids is 1. The Morgan fingerprint density at radius 3 is 2.73 bits per heavy atom. The smallest absolute Gasteiger partial charge is 0.274 e. The molecule has 168 valence electrons. The zero-order chi connectivity index (χ0) is 23.1. The molecule has 1 saturated carbocycles. The van der Waals surface area contributed by atoms with Crippen molar-refractivity contribution >= 4 is 28.9 Å². The highest BCUT2D eigenvalue weighted by Crippen LogP contribution is 2.40. The Bertz CT molecular complexity index is 1430. The number of rotatable bonds is 6. The van der Waals surface area contributed by atoms with Gasteiger partial charge in [0.25, 0.3) is 5.56 Å². The molecule has 0 atom stereocenters. The summed E-state index contributed by atoms with van der Waals surface area (Å²) in [6.45, 7) is 3.35. The van der Waals surface area contributed by atoms with Crippen LogP contribution in [0, 0.1) is 6.92 Å². The molecule has 0 aliphatic heterocycles. The van der Waals surface area contributed by atoms with Crippen molar-refractivity contribution in [2.75, 3.05) is 10.6 Å². The Kier molecular flexibility index (Phi) is 5.08. The number of carbonyl (C=O) groups is 1. The fraction of sp³-hybridized carbons (Fsp3) is 0.250. The van der Waals surface area contributed by atoms with E-state index in [0.717, 1.165) is 24.2 Å². The standard InChI is InChI=1S/C24H24N6O3/c1-14-20(33-18-8-9-25-21(11-18)26-15(2)31)6-7-23-28-22(13-30(14)23)27-19-10-17(16-4-5-16)12-29(3)24(19)32/h6-13,16,27H,4-5H2,1-3H3,(H,25,26,31). The average Bonchev–Trinajstić information content (AvgIpc) is 3.53. The third kappa shape index (κ3) is 4.30. The zero-order valence-electron chi connectivity index (χ0n) is 18.6. The Hall–Kier alpha value is -4.14. The van der Waals surface area contributed by atoms with Gasteiger partial charge in [-0.1, -0.05) is 0 Å². The van der Waals surface area contributed by atoms with E-state index in [1.54, 1.807) is 29.9 Å². The molecule has 2 N–H and O–H groups in total. The van der Waals surface area contributed by atoms with Crippen LogP contribution in [-0.4, -0.2) is 24.8 Å². The quantitative estimate of drug-likeness (QED) is 0.464. The van der Waals surface area contributed by atoms with E-state index in [2.05, 4.69) is 20.6 Å². The Labute approximate surface area is 190 Å². The van der Waals surface area contributed by atoms with Gasteiger partial charge in [0.1, 0.15) is 34.5 Å². The fourth-order valence-corrected chi connectivity index (χ4v) is 3.79. The maximum absolute atomic E-state index is 12.6. The largest absolute Gasteiger partial charge is 0.455 e. The van der Waals surface area contributed by atoms with Crippen LogP contribution in [0.1, 0.15) is 36.9 Å². The van der Waals surface area contributed by atoms with Crippen molar-refractivity contribution in [2.45, 2.75) is 32.6 Å².